The Morgan fingerprint density at radius 2 is 2.12 bits per heavy atom. The van der Waals surface area contributed by atoms with Gasteiger partial charge < -0.3 is 9.55 Å². The van der Waals surface area contributed by atoms with Gasteiger partial charge in [0.1, 0.15) is 5.69 Å². The van der Waals surface area contributed by atoms with E-state index in [1.165, 1.54) is 11.3 Å². The Morgan fingerprint density at radius 3 is 2.77 bits per heavy atom. The zero-order valence-electron chi connectivity index (χ0n) is 13.7. The summed E-state index contributed by atoms with van der Waals surface area (Å²) in [5.74, 6) is 0.569. The molecule has 1 aromatic carbocycles. The van der Waals surface area contributed by atoms with Gasteiger partial charge in [-0.2, -0.15) is 0 Å². The number of anilines is 1. The molecule has 0 fully saturated rings. The number of aromatic nitrogens is 4. The molecule has 0 aliphatic rings. The Labute approximate surface area is 162 Å². The number of nitrogens with zero attached hydrogens (tertiary/aromatic N) is 3. The summed E-state index contributed by atoms with van der Waals surface area (Å²) in [6, 6.07) is 11.6. The molecule has 0 aliphatic heterocycles. The van der Waals surface area contributed by atoms with E-state index in [2.05, 4.69) is 36.2 Å². The molecule has 6 nitrogen and oxygen atoms in total. The molecule has 0 unspecified atom stereocenters. The molecule has 0 bridgehead atoms. The number of benzene rings is 1. The molecule has 3 aromatic heterocycles. The van der Waals surface area contributed by atoms with Gasteiger partial charge in [-0.05, 0) is 22.0 Å². The minimum atomic E-state index is -0.240. The molecule has 8 heteroatoms. The van der Waals surface area contributed by atoms with E-state index < -0.39 is 0 Å². The zero-order chi connectivity index (χ0) is 18.1. The normalized spacial score (nSPS) is 10.8. The van der Waals surface area contributed by atoms with Crippen LogP contribution in [0.2, 0.25) is 0 Å². The fourth-order valence-electron chi connectivity index (χ4n) is 2.56. The van der Waals surface area contributed by atoms with Crippen LogP contribution in [0.3, 0.4) is 0 Å². The van der Waals surface area contributed by atoms with Crippen LogP contribution in [0.5, 0.6) is 0 Å². The summed E-state index contributed by atoms with van der Waals surface area (Å²) >= 11 is 4.74. The number of amides is 1. The first-order chi connectivity index (χ1) is 12.6. The van der Waals surface area contributed by atoms with Crippen molar-refractivity contribution >= 4 is 38.3 Å². The van der Waals surface area contributed by atoms with Crippen LogP contribution in [-0.2, 0) is 7.05 Å². The Morgan fingerprint density at radius 1 is 1.31 bits per heavy atom. The lowest BCUT2D eigenvalue weighted by Gasteiger charge is -2.02. The van der Waals surface area contributed by atoms with Crippen molar-refractivity contribution in [1.82, 2.24) is 19.5 Å². The van der Waals surface area contributed by atoms with Gasteiger partial charge in [-0.25, -0.2) is 9.97 Å². The molecule has 0 saturated carbocycles. The number of carbonyl (C=O) groups is 1. The summed E-state index contributed by atoms with van der Waals surface area (Å²) in [7, 11) is 1.94. The first-order valence-electron chi connectivity index (χ1n) is 7.81. The molecule has 0 atom stereocenters. The van der Waals surface area contributed by atoms with Crippen molar-refractivity contribution in [2.45, 2.75) is 0 Å². The largest absolute Gasteiger partial charge is 0.356 e. The maximum absolute atomic E-state index is 12.4. The highest BCUT2D eigenvalue weighted by atomic mass is 79.9. The van der Waals surface area contributed by atoms with Crippen molar-refractivity contribution in [3.8, 4) is 22.0 Å². The van der Waals surface area contributed by atoms with Gasteiger partial charge >= 0.3 is 0 Å². The average molecular weight is 428 g/mol. The third-order valence-corrected chi connectivity index (χ3v) is 5.24. The van der Waals surface area contributed by atoms with Gasteiger partial charge in [-0.15, -0.1) is 0 Å². The van der Waals surface area contributed by atoms with Crippen molar-refractivity contribution < 1.29 is 4.79 Å². The predicted octanol–water partition coefficient (Wildman–Crippen LogP) is 4.55. The van der Waals surface area contributed by atoms with Gasteiger partial charge in [0.05, 0.1) is 10.6 Å². The van der Waals surface area contributed by atoms with E-state index in [9.17, 15) is 4.79 Å². The van der Waals surface area contributed by atoms with Crippen LogP contribution >= 0.6 is 27.3 Å². The first-order valence-corrected chi connectivity index (χ1v) is 9.42. The Kier molecular flexibility index (Phi) is 4.44. The number of H-pyrrole nitrogens is 1. The Balaban J connectivity index is 1.74. The highest BCUT2D eigenvalue weighted by Crippen LogP contribution is 2.38. The maximum atomic E-state index is 12.4. The molecule has 3 heterocycles. The molecule has 130 valence electrons. The summed E-state index contributed by atoms with van der Waals surface area (Å²) in [5, 5.41) is 3.39. The third-order valence-electron chi connectivity index (χ3n) is 3.81. The minimum Gasteiger partial charge on any atom is -0.356 e. The van der Waals surface area contributed by atoms with E-state index in [0.29, 0.717) is 10.8 Å². The van der Waals surface area contributed by atoms with Crippen LogP contribution in [0.4, 0.5) is 5.13 Å². The van der Waals surface area contributed by atoms with Crippen LogP contribution in [0, 0.1) is 0 Å². The Bertz CT molecular complexity index is 1070. The van der Waals surface area contributed by atoms with Gasteiger partial charge in [-0.3, -0.25) is 10.1 Å². The standard InChI is InChI=1S/C18H14BrN5OS/c1-24-8-7-20-16(24)15-14(11-5-3-2-4-6-11)22-18(26-15)23-17(25)13-9-12(19)10-21-13/h2-10,21H,1H3,(H,22,23,25). The molecule has 0 spiro atoms. The number of halogens is 1. The smallest absolute Gasteiger partial charge is 0.273 e. The van der Waals surface area contributed by atoms with E-state index >= 15 is 0 Å². The number of rotatable bonds is 4. The topological polar surface area (TPSA) is 75.6 Å². The molecule has 4 aromatic rings. The molecule has 2 N–H and O–H groups in total. The number of thiazole rings is 1. The molecule has 4 rings (SSSR count). The van der Waals surface area contributed by atoms with Crippen LogP contribution in [-0.4, -0.2) is 25.4 Å². The molecule has 0 saturated heterocycles. The number of carbonyl (C=O) groups excluding carboxylic acids is 1. The fourth-order valence-corrected chi connectivity index (χ4v) is 3.93. The highest BCUT2D eigenvalue weighted by molar-refractivity contribution is 9.10. The molecular weight excluding hydrogens is 414 g/mol. The number of aromatic amines is 1. The monoisotopic (exact) mass is 427 g/mol. The van der Waals surface area contributed by atoms with Gasteiger partial charge in [0.2, 0.25) is 0 Å². The lowest BCUT2D eigenvalue weighted by Crippen LogP contribution is -2.11. The van der Waals surface area contributed by atoms with Crippen molar-refractivity contribution in [3.63, 3.8) is 0 Å². The van der Waals surface area contributed by atoms with Crippen molar-refractivity contribution in [3.05, 3.63) is 65.2 Å². The number of imidazole rings is 1. The second kappa shape index (κ2) is 6.89. The highest BCUT2D eigenvalue weighted by Gasteiger charge is 2.19. The number of hydrogen-bond donors (Lipinski definition) is 2. The van der Waals surface area contributed by atoms with Gasteiger partial charge in [-0.1, -0.05) is 41.7 Å². The van der Waals surface area contributed by atoms with Crippen molar-refractivity contribution in [1.29, 1.82) is 0 Å². The van der Waals surface area contributed by atoms with E-state index in [4.69, 9.17) is 0 Å². The van der Waals surface area contributed by atoms with Gasteiger partial charge in [0.15, 0.2) is 11.0 Å². The first kappa shape index (κ1) is 16.7. The molecular formula is C18H14BrN5OS. The summed E-state index contributed by atoms with van der Waals surface area (Å²) < 4.78 is 2.76. The molecule has 0 aliphatic carbocycles. The summed E-state index contributed by atoms with van der Waals surface area (Å²) in [6.07, 6.45) is 5.35. The van der Waals surface area contributed by atoms with Crippen LogP contribution < -0.4 is 5.32 Å². The van der Waals surface area contributed by atoms with Gasteiger partial charge in [0, 0.05) is 35.7 Å². The number of aryl methyl sites for hydroxylation is 1. The van der Waals surface area contributed by atoms with E-state index in [0.717, 1.165) is 26.4 Å². The van der Waals surface area contributed by atoms with Crippen LogP contribution in [0.25, 0.3) is 22.0 Å². The Hall–Kier alpha value is -2.71. The van der Waals surface area contributed by atoms with Crippen molar-refractivity contribution in [2.75, 3.05) is 5.32 Å². The van der Waals surface area contributed by atoms with Gasteiger partial charge in [0.25, 0.3) is 5.91 Å². The zero-order valence-corrected chi connectivity index (χ0v) is 16.1. The summed E-state index contributed by atoms with van der Waals surface area (Å²) in [5.41, 5.74) is 2.24. The quantitative estimate of drug-likeness (QED) is 0.501. The molecule has 0 radical (unpaired) electrons. The maximum Gasteiger partial charge on any atom is 0.273 e. The second-order valence-corrected chi connectivity index (χ2v) is 7.52. The van der Waals surface area contributed by atoms with E-state index in [1.54, 1.807) is 18.5 Å². The van der Waals surface area contributed by atoms with E-state index in [-0.39, 0.29) is 5.91 Å². The average Bonchev–Trinajstić information content (AvgIpc) is 3.35. The van der Waals surface area contributed by atoms with Crippen LogP contribution in [0.1, 0.15) is 10.5 Å². The number of hydrogen-bond acceptors (Lipinski definition) is 4. The summed E-state index contributed by atoms with van der Waals surface area (Å²) in [6.45, 7) is 0. The molecule has 26 heavy (non-hydrogen) atoms. The predicted molar refractivity (Wildman–Crippen MR) is 106 cm³/mol. The lowest BCUT2D eigenvalue weighted by molar-refractivity contribution is 0.102. The molecule has 1 amide bonds. The fraction of sp³-hybridized carbons (Fsp3) is 0.0556. The SMILES string of the molecule is Cn1ccnc1-c1sc(NC(=O)c2cc(Br)c[nH]2)nc1-c1ccccc1. The van der Waals surface area contributed by atoms with E-state index in [1.807, 2.05) is 48.1 Å². The minimum absolute atomic E-state index is 0.240. The van der Waals surface area contributed by atoms with Crippen molar-refractivity contribution in [2.24, 2.45) is 7.05 Å². The second-order valence-electron chi connectivity index (χ2n) is 5.61. The summed E-state index contributed by atoms with van der Waals surface area (Å²) in [4.78, 5) is 25.3. The number of nitrogens with one attached hydrogen (secondary N) is 2. The lowest BCUT2D eigenvalue weighted by atomic mass is 10.1. The third kappa shape index (κ3) is 3.21. The van der Waals surface area contributed by atoms with Crippen LogP contribution in [0.15, 0.2) is 59.5 Å².